The molecule has 154 valence electrons. The van der Waals surface area contributed by atoms with Crippen LogP contribution in [0, 0.1) is 0 Å². The Hall–Kier alpha value is -2.90. The summed E-state index contributed by atoms with van der Waals surface area (Å²) in [6.45, 7) is 0. The molecule has 2 heterocycles. The zero-order valence-corrected chi connectivity index (χ0v) is 20.0. The Morgan fingerprint density at radius 3 is 1.94 bits per heavy atom. The van der Waals surface area contributed by atoms with Crippen molar-refractivity contribution in [2.75, 3.05) is 0 Å². The first-order valence-electron chi connectivity index (χ1n) is 9.70. The molecule has 5 rings (SSSR count). The van der Waals surface area contributed by atoms with Crippen molar-refractivity contribution < 1.29 is 0 Å². The molecule has 7 heteroatoms. The van der Waals surface area contributed by atoms with Crippen molar-refractivity contribution in [2.24, 2.45) is 14.1 Å². The van der Waals surface area contributed by atoms with Crippen LogP contribution in [0.4, 0.5) is 0 Å². The van der Waals surface area contributed by atoms with Gasteiger partial charge in [-0.15, -0.1) is 0 Å². The van der Waals surface area contributed by atoms with Gasteiger partial charge in [-0.1, -0.05) is 56.1 Å². The highest BCUT2D eigenvalue weighted by Crippen LogP contribution is 2.34. The van der Waals surface area contributed by atoms with Crippen LogP contribution in [0.2, 0.25) is 0 Å². The number of nitrogens with zero attached hydrogens (tertiary/aromatic N) is 3. The van der Waals surface area contributed by atoms with E-state index in [1.54, 1.807) is 23.2 Å². The third kappa shape index (κ3) is 3.47. The summed E-state index contributed by atoms with van der Waals surface area (Å²) in [6.07, 6.45) is 0. The minimum atomic E-state index is -0.0438. The molecular formula is C24H18Br2N4O. The number of H-pyrrole nitrogens is 1. The summed E-state index contributed by atoms with van der Waals surface area (Å²) in [4.78, 5) is 20.8. The molecule has 0 fully saturated rings. The Morgan fingerprint density at radius 1 is 0.742 bits per heavy atom. The molecule has 0 saturated carbocycles. The lowest BCUT2D eigenvalue weighted by atomic mass is 10.1. The van der Waals surface area contributed by atoms with Crippen LogP contribution in [-0.4, -0.2) is 19.1 Å². The lowest BCUT2D eigenvalue weighted by Crippen LogP contribution is -2.19. The first-order chi connectivity index (χ1) is 14.9. The quantitative estimate of drug-likeness (QED) is 0.301. The second kappa shape index (κ2) is 7.66. The summed E-state index contributed by atoms with van der Waals surface area (Å²) in [5.74, 6) is 0.758. The summed E-state index contributed by atoms with van der Waals surface area (Å²) in [6, 6.07) is 22.3. The zero-order chi connectivity index (χ0) is 21.7. The number of aryl methyl sites for hydroxylation is 2. The van der Waals surface area contributed by atoms with Crippen molar-refractivity contribution in [1.82, 2.24) is 19.1 Å². The van der Waals surface area contributed by atoms with Crippen molar-refractivity contribution in [3.8, 4) is 33.9 Å². The van der Waals surface area contributed by atoms with E-state index in [0.29, 0.717) is 0 Å². The van der Waals surface area contributed by atoms with Gasteiger partial charge in [0.25, 0.3) is 0 Å². The Labute approximate surface area is 195 Å². The van der Waals surface area contributed by atoms with Crippen molar-refractivity contribution >= 4 is 42.9 Å². The van der Waals surface area contributed by atoms with Crippen LogP contribution in [0.25, 0.3) is 44.9 Å². The van der Waals surface area contributed by atoms with Crippen molar-refractivity contribution in [1.29, 1.82) is 0 Å². The molecular weight excluding hydrogens is 520 g/mol. The number of fused-ring (bicyclic) bond motifs is 1. The van der Waals surface area contributed by atoms with Gasteiger partial charge >= 0.3 is 5.69 Å². The molecule has 5 aromatic rings. The third-order valence-electron chi connectivity index (χ3n) is 5.50. The van der Waals surface area contributed by atoms with Crippen molar-refractivity contribution in [3.05, 3.63) is 86.2 Å². The van der Waals surface area contributed by atoms with Crippen LogP contribution in [0.5, 0.6) is 0 Å². The second-order valence-electron chi connectivity index (χ2n) is 7.43. The molecule has 0 aliphatic carbocycles. The normalized spacial score (nSPS) is 11.4. The first kappa shape index (κ1) is 20.0. The molecule has 0 atom stereocenters. The highest BCUT2D eigenvalue weighted by Gasteiger charge is 2.17. The maximum atomic E-state index is 12.3. The minimum absolute atomic E-state index is 0.0438. The van der Waals surface area contributed by atoms with Gasteiger partial charge in [-0.25, -0.2) is 9.78 Å². The monoisotopic (exact) mass is 536 g/mol. The highest BCUT2D eigenvalue weighted by atomic mass is 79.9. The van der Waals surface area contributed by atoms with E-state index in [2.05, 4.69) is 61.1 Å². The van der Waals surface area contributed by atoms with Gasteiger partial charge in [0.2, 0.25) is 0 Å². The number of rotatable bonds is 3. The predicted molar refractivity (Wildman–Crippen MR) is 132 cm³/mol. The Kier molecular flexibility index (Phi) is 4.95. The number of imidazole rings is 2. The van der Waals surface area contributed by atoms with Crippen molar-refractivity contribution in [2.45, 2.75) is 0 Å². The fourth-order valence-corrected chi connectivity index (χ4v) is 4.33. The zero-order valence-electron chi connectivity index (χ0n) is 16.9. The van der Waals surface area contributed by atoms with Gasteiger partial charge in [-0.2, -0.15) is 0 Å². The number of halogens is 2. The number of hydrogen-bond donors (Lipinski definition) is 1. The molecule has 31 heavy (non-hydrogen) atoms. The topological polar surface area (TPSA) is 55.6 Å². The van der Waals surface area contributed by atoms with E-state index >= 15 is 0 Å². The third-order valence-corrected chi connectivity index (χ3v) is 6.56. The largest absolute Gasteiger partial charge is 0.337 e. The summed E-state index contributed by atoms with van der Waals surface area (Å²) in [5.41, 5.74) is 6.55. The Balaban J connectivity index is 1.71. The van der Waals surface area contributed by atoms with E-state index < -0.39 is 0 Å². The van der Waals surface area contributed by atoms with Gasteiger partial charge in [0, 0.05) is 39.7 Å². The summed E-state index contributed by atoms with van der Waals surface area (Å²) in [7, 11) is 3.58. The lowest BCUT2D eigenvalue weighted by molar-refractivity contribution is 0.795. The van der Waals surface area contributed by atoms with Crippen LogP contribution < -0.4 is 5.69 Å². The number of benzene rings is 3. The van der Waals surface area contributed by atoms with E-state index in [1.165, 1.54) is 0 Å². The molecule has 0 aliphatic heterocycles. The molecule has 0 aliphatic rings. The molecule has 2 aromatic heterocycles. The summed E-state index contributed by atoms with van der Waals surface area (Å²) >= 11 is 7.01. The lowest BCUT2D eigenvalue weighted by Gasteiger charge is -2.04. The number of aromatic nitrogens is 4. The van der Waals surface area contributed by atoms with Crippen LogP contribution in [0.3, 0.4) is 0 Å². The minimum Gasteiger partial charge on any atom is -0.337 e. The van der Waals surface area contributed by atoms with Gasteiger partial charge in [0.05, 0.1) is 22.4 Å². The first-order valence-corrected chi connectivity index (χ1v) is 11.3. The smallest absolute Gasteiger partial charge is 0.328 e. The van der Waals surface area contributed by atoms with Crippen molar-refractivity contribution in [3.63, 3.8) is 0 Å². The fourth-order valence-electron chi connectivity index (χ4n) is 3.81. The molecule has 3 aromatic carbocycles. The van der Waals surface area contributed by atoms with Gasteiger partial charge in [0.1, 0.15) is 5.82 Å². The number of hydrogen-bond acceptors (Lipinski definition) is 2. The van der Waals surface area contributed by atoms with E-state index in [-0.39, 0.29) is 5.69 Å². The standard InChI is InChI=1S/C24H18Br2N4O/c1-29-19-12-7-16(13-20(19)30(2)24(29)31)23-27-21(14-3-8-17(25)9-4-14)22(28-23)15-5-10-18(26)11-6-15/h3-13H,1-2H3,(H,27,28). The van der Waals surface area contributed by atoms with Gasteiger partial charge in [-0.3, -0.25) is 9.13 Å². The highest BCUT2D eigenvalue weighted by molar-refractivity contribution is 9.10. The van der Waals surface area contributed by atoms with E-state index in [0.717, 1.165) is 53.9 Å². The van der Waals surface area contributed by atoms with E-state index in [9.17, 15) is 4.79 Å². The van der Waals surface area contributed by atoms with Gasteiger partial charge in [-0.05, 0) is 42.5 Å². The maximum Gasteiger partial charge on any atom is 0.328 e. The number of aromatic amines is 1. The Morgan fingerprint density at radius 2 is 1.29 bits per heavy atom. The predicted octanol–water partition coefficient (Wildman–Crippen LogP) is 6.13. The molecule has 0 amide bonds. The van der Waals surface area contributed by atoms with Crippen LogP contribution in [0.1, 0.15) is 0 Å². The summed E-state index contributed by atoms with van der Waals surface area (Å²) < 4.78 is 5.36. The van der Waals surface area contributed by atoms with Crippen LogP contribution >= 0.6 is 31.9 Å². The van der Waals surface area contributed by atoms with Gasteiger partial charge < -0.3 is 4.98 Å². The Bertz CT molecular complexity index is 1410. The molecule has 1 N–H and O–H groups in total. The number of nitrogens with one attached hydrogen (secondary N) is 1. The van der Waals surface area contributed by atoms with E-state index in [1.807, 2.05) is 42.5 Å². The average Bonchev–Trinajstić information content (AvgIpc) is 3.31. The van der Waals surface area contributed by atoms with Gasteiger partial charge in [0.15, 0.2) is 0 Å². The molecule has 5 nitrogen and oxygen atoms in total. The maximum absolute atomic E-state index is 12.3. The fraction of sp³-hybridized carbons (Fsp3) is 0.0833. The van der Waals surface area contributed by atoms with Crippen LogP contribution in [-0.2, 0) is 14.1 Å². The second-order valence-corrected chi connectivity index (χ2v) is 9.26. The van der Waals surface area contributed by atoms with E-state index in [4.69, 9.17) is 4.98 Å². The summed E-state index contributed by atoms with van der Waals surface area (Å²) in [5, 5.41) is 0. The molecule has 0 radical (unpaired) electrons. The molecule has 0 unspecified atom stereocenters. The molecule has 0 saturated heterocycles. The SMILES string of the molecule is Cn1c(=O)n(C)c2cc(-c3nc(-c4ccc(Br)cc4)c(-c4ccc(Br)cc4)[nH]3)ccc21. The molecule has 0 bridgehead atoms. The average molecular weight is 538 g/mol. The van der Waals surface area contributed by atoms with Crippen LogP contribution in [0.15, 0.2) is 80.5 Å². The molecule has 0 spiro atoms.